The van der Waals surface area contributed by atoms with E-state index in [0.717, 1.165) is 19.4 Å². The van der Waals surface area contributed by atoms with E-state index in [-0.39, 0.29) is 48.6 Å². The molecule has 0 bridgehead atoms. The Balaban J connectivity index is 0.00000300. The second kappa shape index (κ2) is 11.3. The number of benzene rings is 2. The Labute approximate surface area is 190 Å². The van der Waals surface area contributed by atoms with Gasteiger partial charge in [-0.1, -0.05) is 42.5 Å². The van der Waals surface area contributed by atoms with E-state index in [4.69, 9.17) is 4.74 Å². The summed E-state index contributed by atoms with van der Waals surface area (Å²) in [7, 11) is 3.48. The van der Waals surface area contributed by atoms with Gasteiger partial charge >= 0.3 is 0 Å². The van der Waals surface area contributed by atoms with Gasteiger partial charge in [0.15, 0.2) is 5.96 Å². The van der Waals surface area contributed by atoms with Crippen molar-refractivity contribution in [3.8, 4) is 0 Å². The molecule has 7 heteroatoms. The third-order valence-electron chi connectivity index (χ3n) is 5.04. The Bertz CT molecular complexity index is 829. The molecular weight excluding hydrogens is 479 g/mol. The second-order valence-corrected chi connectivity index (χ2v) is 7.40. The molecule has 2 N–H and O–H groups in total. The molecule has 1 aliphatic heterocycles. The van der Waals surface area contributed by atoms with Crippen molar-refractivity contribution in [2.45, 2.75) is 31.9 Å². The van der Waals surface area contributed by atoms with Crippen molar-refractivity contribution in [1.82, 2.24) is 15.5 Å². The molecule has 0 saturated carbocycles. The van der Waals surface area contributed by atoms with Crippen molar-refractivity contribution in [3.63, 3.8) is 0 Å². The summed E-state index contributed by atoms with van der Waals surface area (Å²) < 4.78 is 5.69. The van der Waals surface area contributed by atoms with Crippen molar-refractivity contribution in [2.75, 3.05) is 33.8 Å². The van der Waals surface area contributed by atoms with E-state index in [2.05, 4.69) is 58.9 Å². The number of ether oxygens (including phenoxy) is 1. The average Bonchev–Trinajstić information content (AvgIpc) is 3.22. The highest BCUT2D eigenvalue weighted by Crippen LogP contribution is 2.24. The molecule has 1 aliphatic rings. The number of nitrogens with one attached hydrogen (secondary N) is 2. The van der Waals surface area contributed by atoms with Crippen molar-refractivity contribution >= 4 is 46.6 Å². The van der Waals surface area contributed by atoms with Gasteiger partial charge in [0, 0.05) is 27.2 Å². The Kier molecular flexibility index (Phi) is 9.16. The average molecular weight is 510 g/mol. The molecule has 2 unspecified atom stereocenters. The number of aliphatic imine (C=N–C) groups is 1. The summed E-state index contributed by atoms with van der Waals surface area (Å²) in [5.74, 6) is 0.599. The second-order valence-electron chi connectivity index (χ2n) is 7.40. The van der Waals surface area contributed by atoms with Gasteiger partial charge in [0.05, 0.1) is 12.1 Å². The summed E-state index contributed by atoms with van der Waals surface area (Å²) in [5, 5.41) is 9.23. The third-order valence-corrected chi connectivity index (χ3v) is 5.04. The quantitative estimate of drug-likeness (QED) is 0.356. The van der Waals surface area contributed by atoms with E-state index >= 15 is 0 Å². The van der Waals surface area contributed by atoms with Gasteiger partial charge in [0.1, 0.15) is 6.54 Å². The number of rotatable bonds is 6. The molecular formula is C22H31IN4O2. The van der Waals surface area contributed by atoms with Crippen molar-refractivity contribution in [3.05, 3.63) is 48.0 Å². The lowest BCUT2D eigenvalue weighted by molar-refractivity contribution is -0.127. The zero-order chi connectivity index (χ0) is 19.9. The zero-order valence-corrected chi connectivity index (χ0v) is 19.7. The summed E-state index contributed by atoms with van der Waals surface area (Å²) in [6, 6.07) is 14.7. The van der Waals surface area contributed by atoms with Crippen LogP contribution in [0.2, 0.25) is 0 Å². The minimum atomic E-state index is -0.0315. The Morgan fingerprint density at radius 3 is 2.72 bits per heavy atom. The van der Waals surface area contributed by atoms with E-state index in [0.29, 0.717) is 12.5 Å². The zero-order valence-electron chi connectivity index (χ0n) is 17.4. The van der Waals surface area contributed by atoms with Crippen LogP contribution in [-0.2, 0) is 9.53 Å². The van der Waals surface area contributed by atoms with Gasteiger partial charge in [-0.05, 0) is 36.1 Å². The Hall–Kier alpha value is -1.87. The van der Waals surface area contributed by atoms with Crippen molar-refractivity contribution in [1.29, 1.82) is 0 Å². The first-order chi connectivity index (χ1) is 13.5. The van der Waals surface area contributed by atoms with Crippen molar-refractivity contribution in [2.24, 2.45) is 4.99 Å². The number of fused-ring (bicyclic) bond motifs is 1. The van der Waals surface area contributed by atoms with Gasteiger partial charge in [-0.15, -0.1) is 24.0 Å². The van der Waals surface area contributed by atoms with Gasteiger partial charge in [0.2, 0.25) is 5.91 Å². The van der Waals surface area contributed by atoms with Crippen LogP contribution in [0.1, 0.15) is 31.4 Å². The number of hydrogen-bond donors (Lipinski definition) is 2. The summed E-state index contributed by atoms with van der Waals surface area (Å²) >= 11 is 0. The van der Waals surface area contributed by atoms with Crippen LogP contribution in [0.25, 0.3) is 10.8 Å². The van der Waals surface area contributed by atoms with Crippen LogP contribution in [0, 0.1) is 0 Å². The van der Waals surface area contributed by atoms with Crippen LogP contribution in [0.5, 0.6) is 0 Å². The predicted octanol–water partition coefficient (Wildman–Crippen LogP) is 3.32. The minimum Gasteiger partial charge on any atom is -0.376 e. The molecule has 1 heterocycles. The molecule has 2 atom stereocenters. The number of hydrogen-bond acceptors (Lipinski definition) is 3. The first-order valence-corrected chi connectivity index (χ1v) is 9.89. The highest BCUT2D eigenvalue weighted by molar-refractivity contribution is 14.0. The molecule has 1 fully saturated rings. The number of carbonyl (C=O) groups is 1. The fourth-order valence-corrected chi connectivity index (χ4v) is 3.37. The maximum Gasteiger partial charge on any atom is 0.243 e. The van der Waals surface area contributed by atoms with Crippen LogP contribution in [0.4, 0.5) is 0 Å². The first kappa shape index (κ1) is 23.4. The summed E-state index contributed by atoms with van der Waals surface area (Å²) in [4.78, 5) is 18.0. The number of carbonyl (C=O) groups excluding carboxylic acids is 1. The molecule has 3 rings (SSSR count). The van der Waals surface area contributed by atoms with Gasteiger partial charge in [-0.3, -0.25) is 4.79 Å². The highest BCUT2D eigenvalue weighted by Gasteiger charge is 2.17. The highest BCUT2D eigenvalue weighted by atomic mass is 127. The van der Waals surface area contributed by atoms with Gasteiger partial charge in [0.25, 0.3) is 0 Å². The fraction of sp³-hybridized carbons (Fsp3) is 0.455. The fourth-order valence-electron chi connectivity index (χ4n) is 3.37. The van der Waals surface area contributed by atoms with E-state index in [9.17, 15) is 4.79 Å². The van der Waals surface area contributed by atoms with Crippen LogP contribution in [0.15, 0.2) is 47.5 Å². The van der Waals surface area contributed by atoms with Crippen LogP contribution in [-0.4, -0.2) is 56.7 Å². The number of nitrogens with zero attached hydrogens (tertiary/aromatic N) is 2. The maximum atomic E-state index is 12.0. The smallest absolute Gasteiger partial charge is 0.243 e. The van der Waals surface area contributed by atoms with Crippen LogP contribution >= 0.6 is 24.0 Å². The molecule has 1 amide bonds. The Morgan fingerprint density at radius 2 is 2.00 bits per heavy atom. The third kappa shape index (κ3) is 6.57. The lowest BCUT2D eigenvalue weighted by Crippen LogP contribution is -2.42. The number of amides is 1. The molecule has 1 saturated heterocycles. The Morgan fingerprint density at radius 1 is 1.24 bits per heavy atom. The normalized spacial score (nSPS) is 17.5. The largest absolute Gasteiger partial charge is 0.376 e. The monoisotopic (exact) mass is 510 g/mol. The van der Waals surface area contributed by atoms with Gasteiger partial charge < -0.3 is 20.3 Å². The van der Waals surface area contributed by atoms with E-state index in [1.165, 1.54) is 16.3 Å². The van der Waals surface area contributed by atoms with Crippen LogP contribution < -0.4 is 10.6 Å². The SMILES string of the molecule is CC(NC(=NCC(=O)N(C)C)NCC1CCCO1)c1cccc2ccccc12.I. The molecule has 6 nitrogen and oxygen atoms in total. The maximum absolute atomic E-state index is 12.0. The first-order valence-electron chi connectivity index (χ1n) is 9.89. The molecule has 158 valence electrons. The molecule has 29 heavy (non-hydrogen) atoms. The number of guanidine groups is 1. The molecule has 2 aromatic rings. The predicted molar refractivity (Wildman–Crippen MR) is 129 cm³/mol. The van der Waals surface area contributed by atoms with E-state index in [1.807, 2.05) is 6.07 Å². The van der Waals surface area contributed by atoms with Crippen LogP contribution in [0.3, 0.4) is 0 Å². The summed E-state index contributed by atoms with van der Waals surface area (Å²) in [6.45, 7) is 3.72. The lowest BCUT2D eigenvalue weighted by Gasteiger charge is -2.21. The molecule has 0 radical (unpaired) electrons. The molecule has 0 aliphatic carbocycles. The van der Waals surface area contributed by atoms with Crippen molar-refractivity contribution < 1.29 is 9.53 Å². The number of halogens is 1. The van der Waals surface area contributed by atoms with E-state index < -0.39 is 0 Å². The van der Waals surface area contributed by atoms with Gasteiger partial charge in [-0.2, -0.15) is 0 Å². The van der Waals surface area contributed by atoms with Gasteiger partial charge in [-0.25, -0.2) is 4.99 Å². The topological polar surface area (TPSA) is 66.0 Å². The molecule has 2 aromatic carbocycles. The molecule has 0 spiro atoms. The molecule has 0 aromatic heterocycles. The lowest BCUT2D eigenvalue weighted by atomic mass is 10.00. The standard InChI is InChI=1S/C22H30N4O2.HI/c1-16(19-12-6-9-17-8-4-5-11-20(17)19)25-22(24-15-21(27)26(2)3)23-14-18-10-7-13-28-18;/h4-6,8-9,11-12,16,18H,7,10,13-15H2,1-3H3,(H2,23,24,25);1H. The number of likely N-dealkylation sites (N-methyl/N-ethyl adjacent to an activating group) is 1. The summed E-state index contributed by atoms with van der Waals surface area (Å²) in [5.41, 5.74) is 1.20. The summed E-state index contributed by atoms with van der Waals surface area (Å²) in [6.07, 6.45) is 2.34. The minimum absolute atomic E-state index is 0. The van der Waals surface area contributed by atoms with E-state index in [1.54, 1.807) is 19.0 Å².